The Morgan fingerprint density at radius 3 is 2.60 bits per heavy atom. The average Bonchev–Trinajstić information content (AvgIpc) is 2.83. The third-order valence-electron chi connectivity index (χ3n) is 3.14. The Balaban J connectivity index is 1.83. The lowest BCUT2D eigenvalue weighted by molar-refractivity contribution is -0.130. The van der Waals surface area contributed by atoms with E-state index in [-0.39, 0.29) is 5.91 Å². The van der Waals surface area contributed by atoms with Gasteiger partial charge in [0.25, 0.3) is 0 Å². The largest absolute Gasteiger partial charge is 0.341 e. The molecule has 2 aromatic rings. The van der Waals surface area contributed by atoms with Crippen LogP contribution in [0.1, 0.15) is 17.5 Å². The monoisotopic (exact) mass is 291 g/mol. The van der Waals surface area contributed by atoms with Crippen LogP contribution in [0.15, 0.2) is 36.7 Å². The molecule has 0 N–H and O–H groups in total. The molecule has 20 heavy (non-hydrogen) atoms. The maximum absolute atomic E-state index is 12.1. The van der Waals surface area contributed by atoms with Gasteiger partial charge >= 0.3 is 0 Å². The van der Waals surface area contributed by atoms with Gasteiger partial charge in [-0.05, 0) is 24.1 Å². The number of halogens is 1. The first kappa shape index (κ1) is 14.6. The highest BCUT2D eigenvalue weighted by Gasteiger charge is 2.10. The van der Waals surface area contributed by atoms with Gasteiger partial charge < -0.3 is 4.90 Å². The summed E-state index contributed by atoms with van der Waals surface area (Å²) in [7, 11) is 3.68. The lowest BCUT2D eigenvalue weighted by atomic mass is 10.1. The quantitative estimate of drug-likeness (QED) is 0.849. The number of hydrogen-bond acceptors (Lipinski definition) is 2. The van der Waals surface area contributed by atoms with Crippen molar-refractivity contribution in [3.8, 4) is 0 Å². The predicted molar refractivity (Wildman–Crippen MR) is 79.5 cm³/mol. The predicted octanol–water partition coefficient (Wildman–Crippen LogP) is 2.66. The van der Waals surface area contributed by atoms with Gasteiger partial charge in [0.15, 0.2) is 0 Å². The maximum atomic E-state index is 12.1. The highest BCUT2D eigenvalue weighted by molar-refractivity contribution is 6.30. The van der Waals surface area contributed by atoms with Gasteiger partial charge in [-0.25, -0.2) is 0 Å². The van der Waals surface area contributed by atoms with E-state index < -0.39 is 0 Å². The normalized spacial score (nSPS) is 10.6. The number of rotatable bonds is 5. The summed E-state index contributed by atoms with van der Waals surface area (Å²) < 4.78 is 1.74. The van der Waals surface area contributed by atoms with Crippen LogP contribution in [0.4, 0.5) is 0 Å². The Kier molecular flexibility index (Phi) is 4.79. The third-order valence-corrected chi connectivity index (χ3v) is 3.40. The number of carbonyl (C=O) groups excluding carboxylic acids is 1. The van der Waals surface area contributed by atoms with E-state index >= 15 is 0 Å². The zero-order valence-corrected chi connectivity index (χ0v) is 12.5. The fourth-order valence-electron chi connectivity index (χ4n) is 2.01. The molecule has 4 nitrogen and oxygen atoms in total. The molecule has 5 heteroatoms. The number of carbonyl (C=O) groups is 1. The molecule has 0 fully saturated rings. The summed E-state index contributed by atoms with van der Waals surface area (Å²) in [5, 5.41) is 4.81. The summed E-state index contributed by atoms with van der Waals surface area (Å²) in [5.41, 5.74) is 2.16. The highest BCUT2D eigenvalue weighted by atomic mass is 35.5. The molecule has 0 radical (unpaired) electrons. The van der Waals surface area contributed by atoms with E-state index in [0.717, 1.165) is 17.5 Å². The first-order valence-corrected chi connectivity index (χ1v) is 6.88. The van der Waals surface area contributed by atoms with Gasteiger partial charge in [0.05, 0.1) is 6.20 Å². The van der Waals surface area contributed by atoms with E-state index in [2.05, 4.69) is 5.10 Å². The van der Waals surface area contributed by atoms with Crippen molar-refractivity contribution in [3.05, 3.63) is 52.8 Å². The van der Waals surface area contributed by atoms with Gasteiger partial charge in [0.2, 0.25) is 5.91 Å². The SMILES string of the molecule is CN(Cc1cnn(C)c1)C(=O)CCc1ccc(Cl)cc1. The van der Waals surface area contributed by atoms with Crippen molar-refractivity contribution in [3.63, 3.8) is 0 Å². The molecule has 0 atom stereocenters. The first-order chi connectivity index (χ1) is 9.54. The van der Waals surface area contributed by atoms with Gasteiger partial charge in [-0.3, -0.25) is 9.48 Å². The van der Waals surface area contributed by atoms with Crippen LogP contribution in [0.2, 0.25) is 5.02 Å². The Hall–Kier alpha value is -1.81. The minimum Gasteiger partial charge on any atom is -0.341 e. The van der Waals surface area contributed by atoms with E-state index in [4.69, 9.17) is 11.6 Å². The molecule has 106 valence electrons. The molecule has 2 rings (SSSR count). The number of hydrogen-bond donors (Lipinski definition) is 0. The van der Waals surface area contributed by atoms with Crippen LogP contribution >= 0.6 is 11.6 Å². The summed E-state index contributed by atoms with van der Waals surface area (Å²) >= 11 is 5.83. The van der Waals surface area contributed by atoms with Crippen LogP contribution in [0, 0.1) is 0 Å². The Morgan fingerprint density at radius 2 is 2.00 bits per heavy atom. The molecular weight excluding hydrogens is 274 g/mol. The zero-order valence-electron chi connectivity index (χ0n) is 11.7. The molecular formula is C15H18ClN3O. The van der Waals surface area contributed by atoms with Gasteiger partial charge in [-0.15, -0.1) is 0 Å². The number of benzene rings is 1. The maximum Gasteiger partial charge on any atom is 0.222 e. The fraction of sp³-hybridized carbons (Fsp3) is 0.333. The summed E-state index contributed by atoms with van der Waals surface area (Å²) in [5.74, 6) is 0.129. The van der Waals surface area contributed by atoms with Gasteiger partial charge in [-0.1, -0.05) is 23.7 Å². The van der Waals surface area contributed by atoms with E-state index in [1.54, 1.807) is 15.8 Å². The summed E-state index contributed by atoms with van der Waals surface area (Å²) in [6, 6.07) is 7.61. The van der Waals surface area contributed by atoms with Gasteiger partial charge in [0, 0.05) is 43.8 Å². The topological polar surface area (TPSA) is 38.1 Å². The Morgan fingerprint density at radius 1 is 1.30 bits per heavy atom. The molecule has 0 aliphatic carbocycles. The number of nitrogens with zero attached hydrogens (tertiary/aromatic N) is 3. The molecule has 0 saturated carbocycles. The van der Waals surface area contributed by atoms with E-state index in [1.165, 1.54) is 0 Å². The molecule has 1 heterocycles. The molecule has 1 amide bonds. The minimum absolute atomic E-state index is 0.129. The van der Waals surface area contributed by atoms with Gasteiger partial charge in [0.1, 0.15) is 0 Å². The van der Waals surface area contributed by atoms with Crippen molar-refractivity contribution < 1.29 is 4.79 Å². The fourth-order valence-corrected chi connectivity index (χ4v) is 2.13. The van der Waals surface area contributed by atoms with E-state index in [1.807, 2.05) is 44.6 Å². The standard InChI is InChI=1S/C15H18ClN3O/c1-18(10-13-9-17-19(2)11-13)15(20)8-5-12-3-6-14(16)7-4-12/h3-4,6-7,9,11H,5,8,10H2,1-2H3. The van der Waals surface area contributed by atoms with Crippen LogP contribution in [0.25, 0.3) is 0 Å². The zero-order chi connectivity index (χ0) is 14.5. The van der Waals surface area contributed by atoms with Crippen LogP contribution < -0.4 is 0 Å². The van der Waals surface area contributed by atoms with Crippen molar-refractivity contribution in [2.24, 2.45) is 7.05 Å². The highest BCUT2D eigenvalue weighted by Crippen LogP contribution is 2.12. The van der Waals surface area contributed by atoms with Crippen molar-refractivity contribution in [1.82, 2.24) is 14.7 Å². The molecule has 0 unspecified atom stereocenters. The summed E-state index contributed by atoms with van der Waals surface area (Å²) in [6.45, 7) is 0.591. The molecule has 0 spiro atoms. The number of amides is 1. The molecule has 0 saturated heterocycles. The van der Waals surface area contributed by atoms with Crippen LogP contribution in [0.3, 0.4) is 0 Å². The smallest absolute Gasteiger partial charge is 0.222 e. The molecule has 0 aliphatic rings. The van der Waals surface area contributed by atoms with Crippen molar-refractivity contribution in [1.29, 1.82) is 0 Å². The minimum atomic E-state index is 0.129. The molecule has 0 aliphatic heterocycles. The van der Waals surface area contributed by atoms with Crippen molar-refractivity contribution in [2.75, 3.05) is 7.05 Å². The molecule has 1 aromatic heterocycles. The van der Waals surface area contributed by atoms with Crippen molar-refractivity contribution >= 4 is 17.5 Å². The van der Waals surface area contributed by atoms with Crippen LogP contribution in [0.5, 0.6) is 0 Å². The number of aromatic nitrogens is 2. The summed E-state index contributed by atoms with van der Waals surface area (Å²) in [4.78, 5) is 13.8. The second-order valence-corrected chi connectivity index (χ2v) is 5.33. The first-order valence-electron chi connectivity index (χ1n) is 6.50. The third kappa shape index (κ3) is 4.10. The van der Waals surface area contributed by atoms with Crippen LogP contribution in [-0.2, 0) is 24.8 Å². The molecule has 1 aromatic carbocycles. The lowest BCUT2D eigenvalue weighted by Crippen LogP contribution is -2.26. The van der Waals surface area contributed by atoms with Gasteiger partial charge in [-0.2, -0.15) is 5.10 Å². The Bertz CT molecular complexity index is 577. The molecule has 0 bridgehead atoms. The number of aryl methyl sites for hydroxylation is 2. The van der Waals surface area contributed by atoms with E-state index in [0.29, 0.717) is 18.0 Å². The van der Waals surface area contributed by atoms with Crippen LogP contribution in [-0.4, -0.2) is 27.6 Å². The van der Waals surface area contributed by atoms with Crippen molar-refractivity contribution in [2.45, 2.75) is 19.4 Å². The summed E-state index contributed by atoms with van der Waals surface area (Å²) in [6.07, 6.45) is 4.93. The second-order valence-electron chi connectivity index (χ2n) is 4.90. The second kappa shape index (κ2) is 6.57. The average molecular weight is 292 g/mol. The Labute approximate surface area is 124 Å². The lowest BCUT2D eigenvalue weighted by Gasteiger charge is -2.16. The van der Waals surface area contributed by atoms with E-state index in [9.17, 15) is 4.79 Å².